The van der Waals surface area contributed by atoms with E-state index >= 15 is 0 Å². The van der Waals surface area contributed by atoms with E-state index in [0.717, 1.165) is 0 Å². The summed E-state index contributed by atoms with van der Waals surface area (Å²) in [6.07, 6.45) is 9.54. The predicted octanol–water partition coefficient (Wildman–Crippen LogP) is 1.72. The summed E-state index contributed by atoms with van der Waals surface area (Å²) in [6, 6.07) is 5.21. The molecule has 49 heavy (non-hydrogen) atoms. The number of hydrogen-bond donors (Lipinski definition) is 4. The highest BCUT2D eigenvalue weighted by Crippen LogP contribution is 2.29. The van der Waals surface area contributed by atoms with Crippen LogP contribution >= 0.6 is 0 Å². The number of nitrogens with two attached hydrogens (primary N) is 2. The number of carbonyl (C=O) groups is 2. The van der Waals surface area contributed by atoms with E-state index in [9.17, 15) is 9.59 Å². The van der Waals surface area contributed by atoms with Gasteiger partial charge < -0.3 is 59.6 Å². The number of rotatable bonds is 32. The lowest BCUT2D eigenvalue weighted by atomic mass is 10.1. The van der Waals surface area contributed by atoms with Crippen molar-refractivity contribution < 1.29 is 57.7 Å². The smallest absolute Gasteiger partial charge is 0.163 e. The van der Waals surface area contributed by atoms with Crippen LogP contribution in [0.4, 0.5) is 0 Å². The molecule has 0 spiro atoms. The Morgan fingerprint density at radius 2 is 1.24 bits per heavy atom. The van der Waals surface area contributed by atoms with E-state index in [1.165, 1.54) is 12.2 Å². The molecule has 0 atom stereocenters. The first kappa shape index (κ1) is 43.4. The first-order valence-corrected chi connectivity index (χ1v) is 16.3. The summed E-state index contributed by atoms with van der Waals surface area (Å²) in [7, 11) is 0. The maximum atomic E-state index is 12.5. The molecule has 0 amide bonds. The van der Waals surface area contributed by atoms with Gasteiger partial charge in [-0.05, 0) is 55.3 Å². The second kappa shape index (κ2) is 30.5. The molecule has 0 aliphatic heterocycles. The lowest BCUT2D eigenvalue weighted by molar-refractivity contribution is -0.121. The highest BCUT2D eigenvalue weighted by molar-refractivity contribution is 6.09. The van der Waals surface area contributed by atoms with Gasteiger partial charge in [0.1, 0.15) is 26.4 Å². The molecule has 0 fully saturated rings. The van der Waals surface area contributed by atoms with Gasteiger partial charge in [0.25, 0.3) is 0 Å². The second-order valence-corrected chi connectivity index (χ2v) is 9.88. The maximum absolute atomic E-state index is 12.5. The monoisotopic (exact) mass is 694 g/mol. The molecule has 14 nitrogen and oxygen atoms in total. The molecule has 276 valence electrons. The van der Waals surface area contributed by atoms with Crippen molar-refractivity contribution >= 4 is 17.6 Å². The van der Waals surface area contributed by atoms with Crippen LogP contribution in [-0.4, -0.2) is 127 Å². The number of aliphatic hydroxyl groups excluding tert-OH is 2. The van der Waals surface area contributed by atoms with Gasteiger partial charge in [0.05, 0.1) is 72.5 Å². The number of aliphatic hydroxyl groups is 2. The lowest BCUT2D eigenvalue weighted by Gasteiger charge is -2.15. The van der Waals surface area contributed by atoms with E-state index in [1.807, 2.05) is 6.92 Å². The topological polar surface area (TPSA) is 200 Å². The average Bonchev–Trinajstić information content (AvgIpc) is 3.10. The van der Waals surface area contributed by atoms with Crippen LogP contribution < -0.4 is 20.9 Å². The fraction of sp³-hybridized carbons (Fsp3) is 0.543. The standard InChI is InChI=1S/C35H54N2O12/c1-2-32(46-15-11-36)33(48-25-23-44-21-19-42-17-13-38)6-4-3-5-30(40)28-31(41)9-7-29-8-10-34(47-16-12-37)35(27-29)49-26-24-45-22-20-43-18-14-39/h2-3,5-10,27,38-39H,4,11-26,28,36-37H2,1H3/b5-3+,9-7+,32-2+,33-6+. The van der Waals surface area contributed by atoms with Crippen LogP contribution in [0.3, 0.4) is 0 Å². The number of allylic oxidation sites excluding steroid dienone is 5. The van der Waals surface area contributed by atoms with Crippen molar-refractivity contribution in [1.82, 2.24) is 0 Å². The summed E-state index contributed by atoms with van der Waals surface area (Å²) in [6.45, 7) is 6.15. The van der Waals surface area contributed by atoms with E-state index in [1.54, 1.807) is 42.5 Å². The fourth-order valence-corrected chi connectivity index (χ4v) is 3.77. The minimum Gasteiger partial charge on any atom is -0.489 e. The Morgan fingerprint density at radius 1 is 0.673 bits per heavy atom. The molecule has 0 radical (unpaired) electrons. The number of ether oxygens (including phenoxy) is 8. The zero-order chi connectivity index (χ0) is 35.8. The summed E-state index contributed by atoms with van der Waals surface area (Å²) in [5.74, 6) is 1.26. The maximum Gasteiger partial charge on any atom is 0.163 e. The SMILES string of the molecule is C/C=C(OCCN)\C(=C/C/C=C/C(=O)CC(=O)/C=C/c1ccc(OCCN)c(OCCOCCOCCO)c1)OCCOCCOCCO. The van der Waals surface area contributed by atoms with Crippen LogP contribution in [0.15, 0.2) is 60.1 Å². The molecule has 0 aromatic heterocycles. The number of ketones is 2. The Labute approximate surface area is 289 Å². The van der Waals surface area contributed by atoms with Gasteiger partial charge in [-0.15, -0.1) is 0 Å². The highest BCUT2D eigenvalue weighted by Gasteiger charge is 2.09. The van der Waals surface area contributed by atoms with Crippen LogP contribution in [0.1, 0.15) is 25.3 Å². The average molecular weight is 695 g/mol. The Balaban J connectivity index is 2.68. The number of benzene rings is 1. The van der Waals surface area contributed by atoms with Crippen molar-refractivity contribution in [1.29, 1.82) is 0 Å². The van der Waals surface area contributed by atoms with Gasteiger partial charge in [0.15, 0.2) is 34.6 Å². The van der Waals surface area contributed by atoms with E-state index in [0.29, 0.717) is 101 Å². The fourth-order valence-electron chi connectivity index (χ4n) is 3.77. The third-order valence-electron chi connectivity index (χ3n) is 5.96. The molecule has 0 aliphatic rings. The van der Waals surface area contributed by atoms with Crippen LogP contribution in [0.2, 0.25) is 0 Å². The molecule has 0 saturated heterocycles. The van der Waals surface area contributed by atoms with E-state index in [-0.39, 0.29) is 57.6 Å². The molecule has 0 unspecified atom stereocenters. The third-order valence-corrected chi connectivity index (χ3v) is 5.96. The van der Waals surface area contributed by atoms with Gasteiger partial charge in [-0.3, -0.25) is 9.59 Å². The zero-order valence-corrected chi connectivity index (χ0v) is 28.6. The second-order valence-electron chi connectivity index (χ2n) is 9.88. The van der Waals surface area contributed by atoms with Gasteiger partial charge in [-0.1, -0.05) is 18.2 Å². The molecule has 1 aromatic rings. The Hall–Kier alpha value is -3.60. The summed E-state index contributed by atoms with van der Waals surface area (Å²) >= 11 is 0. The molecule has 1 rings (SSSR count). The summed E-state index contributed by atoms with van der Waals surface area (Å²) in [4.78, 5) is 25.0. The molecular formula is C35H54N2O12. The quantitative estimate of drug-likeness (QED) is 0.0279. The summed E-state index contributed by atoms with van der Waals surface area (Å²) in [5, 5.41) is 17.5. The van der Waals surface area contributed by atoms with E-state index in [2.05, 4.69) is 0 Å². The normalized spacial score (nSPS) is 12.2. The first-order valence-electron chi connectivity index (χ1n) is 16.3. The van der Waals surface area contributed by atoms with Crippen molar-refractivity contribution in [3.05, 3.63) is 65.7 Å². The largest absolute Gasteiger partial charge is 0.489 e. The molecule has 0 bridgehead atoms. The van der Waals surface area contributed by atoms with Crippen molar-refractivity contribution in [2.75, 3.05) is 106 Å². The van der Waals surface area contributed by atoms with Gasteiger partial charge in [0.2, 0.25) is 0 Å². The van der Waals surface area contributed by atoms with Crippen molar-refractivity contribution in [2.24, 2.45) is 11.5 Å². The van der Waals surface area contributed by atoms with Gasteiger partial charge >= 0.3 is 0 Å². The Morgan fingerprint density at radius 3 is 1.88 bits per heavy atom. The number of hydrogen-bond acceptors (Lipinski definition) is 14. The molecule has 14 heteroatoms. The number of carbonyl (C=O) groups excluding carboxylic acids is 2. The predicted molar refractivity (Wildman–Crippen MR) is 184 cm³/mol. The molecule has 0 aliphatic carbocycles. The first-order chi connectivity index (χ1) is 24.0. The lowest BCUT2D eigenvalue weighted by Crippen LogP contribution is -2.13. The van der Waals surface area contributed by atoms with Crippen molar-refractivity contribution in [2.45, 2.75) is 19.8 Å². The Kier molecular flexibility index (Phi) is 27.0. The molecular weight excluding hydrogens is 640 g/mol. The van der Waals surface area contributed by atoms with Crippen LogP contribution in [0, 0.1) is 0 Å². The highest BCUT2D eigenvalue weighted by atomic mass is 16.6. The molecule has 0 heterocycles. The third kappa shape index (κ3) is 22.6. The Bertz CT molecular complexity index is 1150. The zero-order valence-electron chi connectivity index (χ0n) is 28.6. The summed E-state index contributed by atoms with van der Waals surface area (Å²) in [5.41, 5.74) is 11.8. The minimum absolute atomic E-state index is 0.0391. The van der Waals surface area contributed by atoms with E-state index in [4.69, 9.17) is 59.6 Å². The van der Waals surface area contributed by atoms with Crippen LogP contribution in [0.25, 0.3) is 6.08 Å². The van der Waals surface area contributed by atoms with Crippen LogP contribution in [0.5, 0.6) is 11.5 Å². The van der Waals surface area contributed by atoms with Crippen LogP contribution in [-0.2, 0) is 38.0 Å². The summed E-state index contributed by atoms with van der Waals surface area (Å²) < 4.78 is 44.2. The van der Waals surface area contributed by atoms with Gasteiger partial charge in [-0.25, -0.2) is 0 Å². The van der Waals surface area contributed by atoms with Crippen molar-refractivity contribution in [3.8, 4) is 11.5 Å². The minimum atomic E-state index is -0.356. The van der Waals surface area contributed by atoms with Gasteiger partial charge in [0, 0.05) is 13.1 Å². The van der Waals surface area contributed by atoms with Crippen molar-refractivity contribution in [3.63, 3.8) is 0 Å². The molecule has 6 N–H and O–H groups in total. The molecule has 0 saturated carbocycles. The molecule has 1 aromatic carbocycles. The van der Waals surface area contributed by atoms with Gasteiger partial charge in [-0.2, -0.15) is 0 Å². The van der Waals surface area contributed by atoms with E-state index < -0.39 is 0 Å².